The van der Waals surface area contributed by atoms with Crippen LogP contribution in [0.4, 0.5) is 34.1 Å². The predicted octanol–water partition coefficient (Wildman–Crippen LogP) is 14.6. The Morgan fingerprint density at radius 3 is 1.52 bits per heavy atom. The van der Waals surface area contributed by atoms with Crippen LogP contribution in [0, 0.1) is 11.8 Å². The normalized spacial score (nSPS) is 21.4. The Morgan fingerprint density at radius 1 is 0.450 bits per heavy atom. The zero-order chi connectivity index (χ0) is 40.3. The highest BCUT2D eigenvalue weighted by Crippen LogP contribution is 2.60. The topological polar surface area (TPSA) is 6.48 Å². The Labute approximate surface area is 358 Å². The zero-order valence-electron chi connectivity index (χ0n) is 35.2. The Kier molecular flexibility index (Phi) is 9.42. The molecule has 1 aliphatic heterocycles. The lowest BCUT2D eigenvalue weighted by Crippen LogP contribution is -2.49. The molecular weight excluding hydrogens is 741 g/mol. The van der Waals surface area contributed by atoms with E-state index in [4.69, 9.17) is 0 Å². The van der Waals surface area contributed by atoms with Gasteiger partial charge in [0, 0.05) is 39.5 Å². The summed E-state index contributed by atoms with van der Waals surface area (Å²) in [5.74, 6) is 2.14. The van der Waals surface area contributed by atoms with Gasteiger partial charge >= 0.3 is 0 Å². The molecule has 3 heteroatoms. The molecule has 11 rings (SSSR count). The number of fused-ring (bicyclic) bond motifs is 5. The van der Waals surface area contributed by atoms with Gasteiger partial charge in [0.25, 0.3) is 0 Å². The van der Waals surface area contributed by atoms with Crippen molar-refractivity contribution in [2.75, 3.05) is 9.80 Å². The van der Waals surface area contributed by atoms with E-state index in [1.807, 2.05) is 0 Å². The highest BCUT2D eigenvalue weighted by atomic mass is 28.3. The number of para-hydroxylation sites is 2. The molecule has 60 heavy (non-hydrogen) atoms. The molecule has 3 unspecified atom stereocenters. The third-order valence-electron chi connectivity index (χ3n) is 15.2. The van der Waals surface area contributed by atoms with Gasteiger partial charge in [0.2, 0.25) is 0 Å². The summed E-state index contributed by atoms with van der Waals surface area (Å²) < 4.78 is 0. The van der Waals surface area contributed by atoms with Crippen LogP contribution < -0.4 is 20.2 Å². The van der Waals surface area contributed by atoms with E-state index in [1.165, 1.54) is 120 Å². The molecule has 0 radical (unpaired) electrons. The van der Waals surface area contributed by atoms with Gasteiger partial charge in [0.15, 0.2) is 0 Å². The van der Waals surface area contributed by atoms with Gasteiger partial charge in [0.05, 0.1) is 0 Å². The second kappa shape index (κ2) is 15.1. The number of hydrogen-bond donors (Lipinski definition) is 0. The molecule has 3 aliphatic carbocycles. The lowest BCUT2D eigenvalue weighted by Gasteiger charge is -2.40. The molecule has 3 fully saturated rings. The third-order valence-corrected chi connectivity index (χ3v) is 18.8. The molecule has 7 aromatic rings. The van der Waals surface area contributed by atoms with Gasteiger partial charge in [-0.05, 0) is 161 Å². The maximum atomic E-state index is 2.52. The number of benzene rings is 7. The van der Waals surface area contributed by atoms with Gasteiger partial charge in [0.1, 0.15) is 8.07 Å². The van der Waals surface area contributed by atoms with Crippen molar-refractivity contribution in [3.8, 4) is 11.1 Å². The first-order chi connectivity index (χ1) is 29.5. The van der Waals surface area contributed by atoms with Gasteiger partial charge in [-0.1, -0.05) is 142 Å². The lowest BCUT2D eigenvalue weighted by molar-refractivity contribution is 0.320. The van der Waals surface area contributed by atoms with Crippen LogP contribution in [0.25, 0.3) is 11.1 Å². The highest BCUT2D eigenvalue weighted by molar-refractivity contribution is 7.03. The van der Waals surface area contributed by atoms with E-state index in [0.29, 0.717) is 11.8 Å². The summed E-state index contributed by atoms with van der Waals surface area (Å²) in [6.45, 7) is 5.03. The first kappa shape index (κ1) is 37.4. The lowest BCUT2D eigenvalue weighted by atomic mass is 9.64. The van der Waals surface area contributed by atoms with Crippen LogP contribution in [-0.4, -0.2) is 8.07 Å². The van der Waals surface area contributed by atoms with E-state index in [9.17, 15) is 0 Å². The molecule has 7 aromatic carbocycles. The van der Waals surface area contributed by atoms with Crippen molar-refractivity contribution < 1.29 is 0 Å². The van der Waals surface area contributed by atoms with Crippen LogP contribution in [0.15, 0.2) is 176 Å². The largest absolute Gasteiger partial charge is 0.311 e. The van der Waals surface area contributed by atoms with Crippen molar-refractivity contribution >= 4 is 52.6 Å². The van der Waals surface area contributed by atoms with Crippen molar-refractivity contribution in [1.29, 1.82) is 0 Å². The van der Waals surface area contributed by atoms with Gasteiger partial charge in [-0.2, -0.15) is 0 Å². The first-order valence-electron chi connectivity index (χ1n) is 22.7. The summed E-state index contributed by atoms with van der Waals surface area (Å²) in [5, 5.41) is 3.11. The van der Waals surface area contributed by atoms with Crippen LogP contribution in [0.1, 0.15) is 80.4 Å². The number of hydrogen-bond acceptors (Lipinski definition) is 2. The van der Waals surface area contributed by atoms with Crippen LogP contribution in [0.2, 0.25) is 13.1 Å². The van der Waals surface area contributed by atoms with Crippen molar-refractivity contribution in [2.24, 2.45) is 11.8 Å². The Morgan fingerprint density at radius 2 is 0.950 bits per heavy atom. The standard InChI is InChI=1S/C57H56N2Si/c1-60(2)55-21-13-12-20-53(55)54-39-52(36-37-56(54)60)59(49-30-23-43(24-31-49)42-14-6-3-7-15-42)51-34-28-45(29-35-51)57(40-41-22-25-46(57)38-41)44-26-32-50(33-27-44)58(47-16-8-4-9-17-47)48-18-10-5-11-19-48/h4-5,8-13,16-21,23-24,26-37,39,41-42,46H,3,6-7,14-15,22,25,38,40H2,1-2H3. The molecule has 0 amide bonds. The molecular formula is C57H56N2Si. The first-order valence-corrected chi connectivity index (χ1v) is 25.7. The van der Waals surface area contributed by atoms with Crippen LogP contribution >= 0.6 is 0 Å². The van der Waals surface area contributed by atoms with Crippen molar-refractivity contribution in [3.05, 3.63) is 193 Å². The van der Waals surface area contributed by atoms with Gasteiger partial charge in [-0.15, -0.1) is 0 Å². The van der Waals surface area contributed by atoms with Gasteiger partial charge in [-0.3, -0.25) is 0 Å². The molecule has 0 saturated heterocycles. The van der Waals surface area contributed by atoms with Gasteiger partial charge < -0.3 is 9.80 Å². The Hall–Kier alpha value is -5.64. The average molecular weight is 797 g/mol. The second-order valence-corrected chi connectivity index (χ2v) is 23.1. The van der Waals surface area contributed by atoms with Crippen molar-refractivity contribution in [1.82, 2.24) is 0 Å². The fourth-order valence-corrected chi connectivity index (χ4v) is 15.3. The summed E-state index contributed by atoms with van der Waals surface area (Å²) in [4.78, 5) is 4.90. The average Bonchev–Trinajstić information content (AvgIpc) is 4.00. The highest BCUT2D eigenvalue weighted by Gasteiger charge is 2.52. The van der Waals surface area contributed by atoms with Crippen LogP contribution in [0.5, 0.6) is 0 Å². The van der Waals surface area contributed by atoms with Crippen LogP contribution in [-0.2, 0) is 5.41 Å². The minimum absolute atomic E-state index is 0.0181. The monoisotopic (exact) mass is 796 g/mol. The molecule has 2 nitrogen and oxygen atoms in total. The quantitative estimate of drug-likeness (QED) is 0.134. The minimum atomic E-state index is -1.76. The fraction of sp³-hybridized carbons (Fsp3) is 0.263. The van der Waals surface area contributed by atoms with E-state index in [0.717, 1.165) is 5.92 Å². The third kappa shape index (κ3) is 6.27. The van der Waals surface area contributed by atoms with E-state index in [-0.39, 0.29) is 5.41 Å². The van der Waals surface area contributed by atoms with E-state index < -0.39 is 8.07 Å². The molecule has 0 N–H and O–H groups in total. The maximum absolute atomic E-state index is 2.52. The fourth-order valence-electron chi connectivity index (χ4n) is 12.2. The smallest absolute Gasteiger partial charge is 0.113 e. The maximum Gasteiger partial charge on any atom is 0.113 e. The molecule has 3 atom stereocenters. The van der Waals surface area contributed by atoms with E-state index in [1.54, 1.807) is 10.4 Å². The molecule has 0 aromatic heterocycles. The zero-order valence-corrected chi connectivity index (χ0v) is 36.2. The molecule has 2 bridgehead atoms. The molecule has 298 valence electrons. The van der Waals surface area contributed by atoms with E-state index in [2.05, 4.69) is 199 Å². The summed E-state index contributed by atoms with van der Waals surface area (Å²) in [6.07, 6.45) is 12.0. The summed E-state index contributed by atoms with van der Waals surface area (Å²) in [5.41, 5.74) is 14.5. The Bertz CT molecular complexity index is 2570. The second-order valence-electron chi connectivity index (χ2n) is 18.8. The summed E-state index contributed by atoms with van der Waals surface area (Å²) in [7, 11) is -1.76. The molecule has 4 aliphatic rings. The molecule has 0 spiro atoms. The summed E-state index contributed by atoms with van der Waals surface area (Å²) in [6, 6.07) is 67.2. The molecule has 3 saturated carbocycles. The molecule has 1 heterocycles. The van der Waals surface area contributed by atoms with Crippen molar-refractivity contribution in [2.45, 2.75) is 82.2 Å². The number of rotatable bonds is 9. The van der Waals surface area contributed by atoms with Gasteiger partial charge in [-0.25, -0.2) is 0 Å². The number of nitrogens with zero attached hydrogens (tertiary/aromatic N) is 2. The Balaban J connectivity index is 0.980. The van der Waals surface area contributed by atoms with Crippen LogP contribution in [0.3, 0.4) is 0 Å². The predicted molar refractivity (Wildman–Crippen MR) is 256 cm³/mol. The van der Waals surface area contributed by atoms with Crippen molar-refractivity contribution in [3.63, 3.8) is 0 Å². The summed E-state index contributed by atoms with van der Waals surface area (Å²) >= 11 is 0. The SMILES string of the molecule is C[Si]1(C)c2ccccc2-c2cc(N(c3ccc(C4CCCCC4)cc3)c3ccc(C4(c5ccc(N(c6ccccc6)c6ccccc6)cc5)CC5CCC4C5)cc3)ccc21. The minimum Gasteiger partial charge on any atom is -0.311 e. The van der Waals surface area contributed by atoms with E-state index >= 15 is 0 Å². The number of anilines is 6.